The Bertz CT molecular complexity index is 462. The zero-order valence-electron chi connectivity index (χ0n) is 11.3. The molecule has 6 nitrogen and oxygen atoms in total. The largest absolute Gasteiger partial charge is 0.481 e. The van der Waals surface area contributed by atoms with Crippen molar-refractivity contribution >= 4 is 17.8 Å². The fraction of sp³-hybridized carbons (Fsp3) is 0.462. The molecule has 0 saturated heterocycles. The summed E-state index contributed by atoms with van der Waals surface area (Å²) in [5.41, 5.74) is 0.337. The lowest BCUT2D eigenvalue weighted by Crippen LogP contribution is -2.30. The maximum Gasteiger partial charge on any atom is 0.341 e. The monoisotopic (exact) mass is 266 g/mol. The van der Waals surface area contributed by atoms with Crippen LogP contribution in [0, 0.1) is 5.92 Å². The van der Waals surface area contributed by atoms with E-state index in [1.54, 1.807) is 44.1 Å². The van der Waals surface area contributed by atoms with Crippen LogP contribution in [0.2, 0.25) is 0 Å². The molecule has 1 atom stereocenters. The van der Waals surface area contributed by atoms with Gasteiger partial charge in [-0.3, -0.25) is 4.79 Å². The summed E-state index contributed by atoms with van der Waals surface area (Å²) in [7, 11) is 1.70. The predicted octanol–water partition coefficient (Wildman–Crippen LogP) is 1.42. The number of anilines is 1. The number of hydrogen-bond acceptors (Lipinski definition) is 5. The quantitative estimate of drug-likeness (QED) is 0.784. The third-order valence-corrected chi connectivity index (χ3v) is 2.61. The highest BCUT2D eigenvalue weighted by Crippen LogP contribution is 2.18. The molecule has 0 aromatic carbocycles. The van der Waals surface area contributed by atoms with Crippen LogP contribution >= 0.6 is 0 Å². The number of aromatic nitrogens is 1. The number of carboxylic acids is 1. The van der Waals surface area contributed by atoms with Gasteiger partial charge in [0.2, 0.25) is 0 Å². The van der Waals surface area contributed by atoms with Crippen LogP contribution in [0.1, 0.15) is 24.2 Å². The van der Waals surface area contributed by atoms with Crippen molar-refractivity contribution in [2.75, 3.05) is 25.1 Å². The van der Waals surface area contributed by atoms with Gasteiger partial charge in [-0.2, -0.15) is 0 Å². The lowest BCUT2D eigenvalue weighted by Gasteiger charge is -2.22. The summed E-state index contributed by atoms with van der Waals surface area (Å²) in [6, 6.07) is 3.26. The molecule has 1 rings (SSSR count). The van der Waals surface area contributed by atoms with E-state index in [1.165, 1.54) is 0 Å². The van der Waals surface area contributed by atoms with E-state index in [9.17, 15) is 9.59 Å². The summed E-state index contributed by atoms with van der Waals surface area (Å²) in [6.45, 7) is 3.87. The van der Waals surface area contributed by atoms with E-state index < -0.39 is 17.9 Å². The van der Waals surface area contributed by atoms with Crippen LogP contribution in [0.15, 0.2) is 18.3 Å². The van der Waals surface area contributed by atoms with E-state index in [1.807, 2.05) is 0 Å². The van der Waals surface area contributed by atoms with Gasteiger partial charge in [-0.25, -0.2) is 9.78 Å². The zero-order chi connectivity index (χ0) is 14.4. The first-order valence-electron chi connectivity index (χ1n) is 6.03. The molecule has 6 heteroatoms. The highest BCUT2D eigenvalue weighted by atomic mass is 16.5. The molecule has 0 saturated carbocycles. The van der Waals surface area contributed by atoms with E-state index in [2.05, 4.69) is 4.98 Å². The van der Waals surface area contributed by atoms with E-state index >= 15 is 0 Å². The van der Waals surface area contributed by atoms with Crippen LogP contribution in [0.5, 0.6) is 0 Å². The standard InChI is InChI=1S/C13H18N2O4/c1-4-19-13(18)10-6-5-7-14-11(10)15(3)8-9(2)12(16)17/h5-7,9H,4,8H2,1-3H3,(H,16,17). The molecule has 0 bridgehead atoms. The Kier molecular flexibility index (Phi) is 5.29. The van der Waals surface area contributed by atoms with Crippen LogP contribution in [-0.4, -0.2) is 42.2 Å². The summed E-state index contributed by atoms with van der Waals surface area (Å²) in [4.78, 5) is 28.4. The lowest BCUT2D eigenvalue weighted by molar-refractivity contribution is -0.140. The van der Waals surface area contributed by atoms with Gasteiger partial charge in [0.05, 0.1) is 12.5 Å². The third-order valence-electron chi connectivity index (χ3n) is 2.61. The van der Waals surface area contributed by atoms with Crippen molar-refractivity contribution in [3.8, 4) is 0 Å². The van der Waals surface area contributed by atoms with Crippen molar-refractivity contribution in [3.63, 3.8) is 0 Å². The predicted molar refractivity (Wildman–Crippen MR) is 70.3 cm³/mol. The number of carbonyl (C=O) groups is 2. The molecule has 0 aliphatic heterocycles. The summed E-state index contributed by atoms with van der Waals surface area (Å²) in [5.74, 6) is -1.48. The number of carbonyl (C=O) groups excluding carboxylic acids is 1. The second-order valence-corrected chi connectivity index (χ2v) is 4.21. The second-order valence-electron chi connectivity index (χ2n) is 4.21. The molecule has 0 fully saturated rings. The average molecular weight is 266 g/mol. The van der Waals surface area contributed by atoms with Crippen LogP contribution in [-0.2, 0) is 9.53 Å². The van der Waals surface area contributed by atoms with Crippen molar-refractivity contribution in [2.24, 2.45) is 5.92 Å². The zero-order valence-corrected chi connectivity index (χ0v) is 11.3. The van der Waals surface area contributed by atoms with E-state index in [-0.39, 0.29) is 13.2 Å². The van der Waals surface area contributed by atoms with Gasteiger partial charge in [0, 0.05) is 19.8 Å². The van der Waals surface area contributed by atoms with Crippen LogP contribution < -0.4 is 4.90 Å². The normalized spacial score (nSPS) is 11.7. The van der Waals surface area contributed by atoms with E-state index in [4.69, 9.17) is 9.84 Å². The number of rotatable bonds is 6. The minimum atomic E-state index is -0.888. The number of hydrogen-bond donors (Lipinski definition) is 1. The Labute approximate surface area is 112 Å². The topological polar surface area (TPSA) is 79.7 Å². The Morgan fingerprint density at radius 3 is 2.79 bits per heavy atom. The summed E-state index contributed by atoms with van der Waals surface area (Å²) in [5, 5.41) is 8.90. The molecule has 0 spiro atoms. The number of nitrogens with zero attached hydrogens (tertiary/aromatic N) is 2. The molecule has 1 unspecified atom stereocenters. The molecule has 1 aromatic heterocycles. The van der Waals surface area contributed by atoms with Crippen molar-refractivity contribution in [3.05, 3.63) is 23.9 Å². The molecular weight excluding hydrogens is 248 g/mol. The first kappa shape index (κ1) is 14.9. The van der Waals surface area contributed by atoms with Gasteiger partial charge in [-0.15, -0.1) is 0 Å². The number of pyridine rings is 1. The first-order chi connectivity index (χ1) is 8.97. The molecule has 104 valence electrons. The van der Waals surface area contributed by atoms with Gasteiger partial charge in [0.25, 0.3) is 0 Å². The highest BCUT2D eigenvalue weighted by molar-refractivity contribution is 5.94. The summed E-state index contributed by atoms with van der Waals surface area (Å²) in [6.07, 6.45) is 1.56. The second kappa shape index (κ2) is 6.72. The smallest absolute Gasteiger partial charge is 0.341 e. The highest BCUT2D eigenvalue weighted by Gasteiger charge is 2.20. The Balaban J connectivity index is 2.93. The molecule has 0 aliphatic rings. The van der Waals surface area contributed by atoms with Gasteiger partial charge in [0.15, 0.2) is 0 Å². The Hall–Kier alpha value is -2.11. The molecule has 1 heterocycles. The van der Waals surface area contributed by atoms with Crippen molar-refractivity contribution in [1.29, 1.82) is 0 Å². The number of aliphatic carboxylic acids is 1. The lowest BCUT2D eigenvalue weighted by atomic mass is 10.1. The molecule has 0 aliphatic carbocycles. The molecular formula is C13H18N2O4. The molecule has 19 heavy (non-hydrogen) atoms. The van der Waals surface area contributed by atoms with Gasteiger partial charge >= 0.3 is 11.9 Å². The maximum atomic E-state index is 11.8. The number of ether oxygens (including phenoxy) is 1. The minimum absolute atomic E-state index is 0.263. The summed E-state index contributed by atoms with van der Waals surface area (Å²) < 4.78 is 4.95. The summed E-state index contributed by atoms with van der Waals surface area (Å²) >= 11 is 0. The average Bonchev–Trinajstić information content (AvgIpc) is 2.38. The minimum Gasteiger partial charge on any atom is -0.481 e. The van der Waals surface area contributed by atoms with Crippen molar-refractivity contribution < 1.29 is 19.4 Å². The van der Waals surface area contributed by atoms with Gasteiger partial charge in [-0.05, 0) is 19.1 Å². The Morgan fingerprint density at radius 1 is 1.53 bits per heavy atom. The maximum absolute atomic E-state index is 11.8. The molecule has 1 aromatic rings. The number of carboxylic acid groups (broad SMARTS) is 1. The fourth-order valence-corrected chi connectivity index (χ4v) is 1.64. The van der Waals surface area contributed by atoms with E-state index in [0.717, 1.165) is 0 Å². The first-order valence-corrected chi connectivity index (χ1v) is 6.03. The van der Waals surface area contributed by atoms with Gasteiger partial charge in [-0.1, -0.05) is 6.92 Å². The van der Waals surface area contributed by atoms with Crippen LogP contribution in [0.3, 0.4) is 0 Å². The van der Waals surface area contributed by atoms with Gasteiger partial charge in [0.1, 0.15) is 11.4 Å². The van der Waals surface area contributed by atoms with Crippen molar-refractivity contribution in [2.45, 2.75) is 13.8 Å². The van der Waals surface area contributed by atoms with Gasteiger partial charge < -0.3 is 14.7 Å². The van der Waals surface area contributed by atoms with E-state index in [0.29, 0.717) is 11.4 Å². The van der Waals surface area contributed by atoms with Crippen molar-refractivity contribution in [1.82, 2.24) is 4.98 Å². The SMILES string of the molecule is CCOC(=O)c1cccnc1N(C)CC(C)C(=O)O. The fourth-order valence-electron chi connectivity index (χ4n) is 1.64. The molecule has 0 amide bonds. The third kappa shape index (κ3) is 3.94. The Morgan fingerprint density at radius 2 is 2.21 bits per heavy atom. The molecule has 1 N–H and O–H groups in total. The molecule has 0 radical (unpaired) electrons. The van der Waals surface area contributed by atoms with Crippen LogP contribution in [0.4, 0.5) is 5.82 Å². The number of esters is 1. The van der Waals surface area contributed by atoms with Crippen LogP contribution in [0.25, 0.3) is 0 Å².